The third-order valence-corrected chi connectivity index (χ3v) is 4.90. The third-order valence-electron chi connectivity index (χ3n) is 3.34. The number of nitrogens with one attached hydrogen (secondary N) is 1. The lowest BCUT2D eigenvalue weighted by atomic mass is 10.2. The van der Waals surface area contributed by atoms with Gasteiger partial charge in [0.15, 0.2) is 0 Å². The monoisotopic (exact) mass is 299 g/mol. The molecule has 3 N–H and O–H groups in total. The van der Waals surface area contributed by atoms with Crippen molar-refractivity contribution >= 4 is 10.0 Å². The molecule has 0 atom stereocenters. The molecule has 0 bridgehead atoms. The van der Waals surface area contributed by atoms with E-state index in [9.17, 15) is 8.42 Å². The maximum atomic E-state index is 12.2. The van der Waals surface area contributed by atoms with Gasteiger partial charge < -0.3 is 10.6 Å². The zero-order chi connectivity index (χ0) is 15.2. The van der Waals surface area contributed by atoms with Crippen LogP contribution in [0.1, 0.15) is 25.8 Å². The van der Waals surface area contributed by atoms with Gasteiger partial charge in [-0.3, -0.25) is 0 Å². The number of rotatable bonds is 8. The summed E-state index contributed by atoms with van der Waals surface area (Å²) in [6, 6.07) is 7.29. The van der Waals surface area contributed by atoms with Crippen LogP contribution in [0.2, 0.25) is 0 Å². The van der Waals surface area contributed by atoms with E-state index in [1.165, 1.54) is 0 Å². The van der Waals surface area contributed by atoms with E-state index in [0.29, 0.717) is 18.2 Å². The van der Waals surface area contributed by atoms with E-state index in [1.54, 1.807) is 24.3 Å². The molecule has 6 heteroatoms. The van der Waals surface area contributed by atoms with Crippen molar-refractivity contribution < 1.29 is 8.42 Å². The van der Waals surface area contributed by atoms with E-state index in [4.69, 9.17) is 5.73 Å². The maximum absolute atomic E-state index is 12.2. The van der Waals surface area contributed by atoms with Crippen molar-refractivity contribution in [3.63, 3.8) is 0 Å². The highest BCUT2D eigenvalue weighted by molar-refractivity contribution is 7.89. The Morgan fingerprint density at radius 1 is 1.30 bits per heavy atom. The first-order chi connectivity index (χ1) is 9.38. The molecule has 0 aliphatic carbocycles. The molecular formula is C14H25N3O2S. The molecule has 1 rings (SSSR count). The molecule has 0 heterocycles. The van der Waals surface area contributed by atoms with Crippen molar-refractivity contribution in [1.82, 2.24) is 9.62 Å². The van der Waals surface area contributed by atoms with Crippen LogP contribution < -0.4 is 10.5 Å². The average Bonchev–Trinajstić information content (AvgIpc) is 2.43. The van der Waals surface area contributed by atoms with Gasteiger partial charge >= 0.3 is 0 Å². The highest BCUT2D eigenvalue weighted by Gasteiger charge is 2.16. The Bertz CT molecular complexity index is 515. The van der Waals surface area contributed by atoms with Crippen LogP contribution in [0.4, 0.5) is 0 Å². The predicted octanol–water partition coefficient (Wildman–Crippen LogP) is 1.15. The highest BCUT2D eigenvalue weighted by Crippen LogP contribution is 2.14. The highest BCUT2D eigenvalue weighted by atomic mass is 32.2. The van der Waals surface area contributed by atoms with Gasteiger partial charge in [-0.2, -0.15) is 0 Å². The second kappa shape index (κ2) is 7.73. The van der Waals surface area contributed by atoms with E-state index in [1.807, 2.05) is 7.05 Å². The summed E-state index contributed by atoms with van der Waals surface area (Å²) in [6.07, 6.45) is 0.776. The summed E-state index contributed by atoms with van der Waals surface area (Å²) in [7, 11) is -1.44. The SMILES string of the molecule is CC(C)N(C)CCCNS(=O)(=O)c1ccccc1CN. The fourth-order valence-electron chi connectivity index (χ4n) is 1.81. The van der Waals surface area contributed by atoms with Gasteiger partial charge in [-0.05, 0) is 45.5 Å². The van der Waals surface area contributed by atoms with Crippen LogP contribution in [0.3, 0.4) is 0 Å². The molecule has 0 aromatic heterocycles. The van der Waals surface area contributed by atoms with Crippen LogP contribution in [0, 0.1) is 0 Å². The summed E-state index contributed by atoms with van der Waals surface area (Å²) in [6.45, 7) is 5.73. The molecule has 0 spiro atoms. The summed E-state index contributed by atoms with van der Waals surface area (Å²) in [4.78, 5) is 2.46. The van der Waals surface area contributed by atoms with Gasteiger partial charge in [0.1, 0.15) is 0 Å². The number of benzene rings is 1. The second-order valence-corrected chi connectivity index (χ2v) is 6.87. The van der Waals surface area contributed by atoms with Gasteiger partial charge in [0.2, 0.25) is 10.0 Å². The zero-order valence-electron chi connectivity index (χ0n) is 12.5. The van der Waals surface area contributed by atoms with E-state index in [2.05, 4.69) is 23.5 Å². The van der Waals surface area contributed by atoms with Gasteiger partial charge in [0.25, 0.3) is 0 Å². The predicted molar refractivity (Wildman–Crippen MR) is 81.9 cm³/mol. The van der Waals surface area contributed by atoms with Crippen LogP contribution in [-0.2, 0) is 16.6 Å². The van der Waals surface area contributed by atoms with E-state index >= 15 is 0 Å². The second-order valence-electron chi connectivity index (χ2n) is 5.14. The van der Waals surface area contributed by atoms with Crippen LogP contribution in [0.25, 0.3) is 0 Å². The minimum Gasteiger partial charge on any atom is -0.326 e. The first-order valence-corrected chi connectivity index (χ1v) is 8.34. The van der Waals surface area contributed by atoms with Crippen molar-refractivity contribution in [2.75, 3.05) is 20.1 Å². The number of sulfonamides is 1. The maximum Gasteiger partial charge on any atom is 0.240 e. The van der Waals surface area contributed by atoms with Crippen molar-refractivity contribution in [3.05, 3.63) is 29.8 Å². The molecule has 20 heavy (non-hydrogen) atoms. The number of nitrogens with zero attached hydrogens (tertiary/aromatic N) is 1. The number of hydrogen-bond donors (Lipinski definition) is 2. The molecule has 1 aromatic rings. The van der Waals surface area contributed by atoms with E-state index < -0.39 is 10.0 Å². The lowest BCUT2D eigenvalue weighted by Gasteiger charge is -2.20. The first kappa shape index (κ1) is 17.1. The largest absolute Gasteiger partial charge is 0.326 e. The fraction of sp³-hybridized carbons (Fsp3) is 0.571. The lowest BCUT2D eigenvalue weighted by molar-refractivity contribution is 0.271. The van der Waals surface area contributed by atoms with Crippen molar-refractivity contribution in [2.24, 2.45) is 5.73 Å². The topological polar surface area (TPSA) is 75.4 Å². The van der Waals surface area contributed by atoms with Gasteiger partial charge in [0.05, 0.1) is 4.90 Å². The van der Waals surface area contributed by atoms with Crippen LogP contribution in [-0.4, -0.2) is 39.5 Å². The van der Waals surface area contributed by atoms with Crippen LogP contribution in [0.5, 0.6) is 0 Å². The summed E-state index contributed by atoms with van der Waals surface area (Å²) in [5, 5.41) is 0. The minimum absolute atomic E-state index is 0.215. The van der Waals surface area contributed by atoms with Gasteiger partial charge in [-0.1, -0.05) is 18.2 Å². The van der Waals surface area contributed by atoms with Crippen molar-refractivity contribution in [1.29, 1.82) is 0 Å². The van der Waals surface area contributed by atoms with Gasteiger partial charge in [-0.25, -0.2) is 13.1 Å². The molecule has 0 saturated carbocycles. The molecule has 0 fully saturated rings. The molecule has 0 radical (unpaired) electrons. The molecule has 0 aliphatic rings. The Balaban J connectivity index is 2.58. The van der Waals surface area contributed by atoms with E-state index in [-0.39, 0.29) is 11.4 Å². The summed E-state index contributed by atoms with van der Waals surface area (Å²) in [5.41, 5.74) is 6.21. The Morgan fingerprint density at radius 2 is 1.95 bits per heavy atom. The Morgan fingerprint density at radius 3 is 2.55 bits per heavy atom. The van der Waals surface area contributed by atoms with Crippen LogP contribution >= 0.6 is 0 Å². The normalized spacial score (nSPS) is 12.3. The zero-order valence-corrected chi connectivity index (χ0v) is 13.3. The molecule has 0 aliphatic heterocycles. The smallest absolute Gasteiger partial charge is 0.240 e. The summed E-state index contributed by atoms with van der Waals surface area (Å²) in [5.74, 6) is 0. The number of hydrogen-bond acceptors (Lipinski definition) is 4. The van der Waals surface area contributed by atoms with Gasteiger partial charge in [-0.15, -0.1) is 0 Å². The molecule has 1 aromatic carbocycles. The molecular weight excluding hydrogens is 274 g/mol. The quantitative estimate of drug-likeness (QED) is 0.706. The molecule has 0 amide bonds. The Kier molecular flexibility index (Phi) is 6.61. The fourth-order valence-corrected chi connectivity index (χ4v) is 3.13. The standard InChI is InChI=1S/C14H25N3O2S/c1-12(2)17(3)10-6-9-16-20(18,19)14-8-5-4-7-13(14)11-15/h4-5,7-8,12,16H,6,9-11,15H2,1-3H3. The Hall–Kier alpha value is -0.950. The molecule has 114 valence electrons. The molecule has 5 nitrogen and oxygen atoms in total. The van der Waals surface area contributed by atoms with E-state index in [0.717, 1.165) is 13.0 Å². The molecule has 0 unspecified atom stereocenters. The van der Waals surface area contributed by atoms with Gasteiger partial charge in [0, 0.05) is 19.1 Å². The average molecular weight is 299 g/mol. The summed E-state index contributed by atoms with van der Waals surface area (Å²) >= 11 is 0. The molecule has 0 saturated heterocycles. The van der Waals surface area contributed by atoms with Crippen LogP contribution in [0.15, 0.2) is 29.2 Å². The minimum atomic E-state index is -3.47. The Labute approximate surface area is 122 Å². The van der Waals surface area contributed by atoms with Crippen molar-refractivity contribution in [3.8, 4) is 0 Å². The lowest BCUT2D eigenvalue weighted by Crippen LogP contribution is -2.31. The summed E-state index contributed by atoms with van der Waals surface area (Å²) < 4.78 is 27.1. The number of nitrogens with two attached hydrogens (primary N) is 1. The third kappa shape index (κ3) is 4.86. The van der Waals surface area contributed by atoms with Crippen molar-refractivity contribution in [2.45, 2.75) is 37.8 Å². The first-order valence-electron chi connectivity index (χ1n) is 6.86.